The monoisotopic (exact) mass is 200 g/mol. The Labute approximate surface area is 82.6 Å². The van der Waals surface area contributed by atoms with Crippen LogP contribution in [0.4, 0.5) is 0 Å². The zero-order chi connectivity index (χ0) is 10.7. The second-order valence-corrected chi connectivity index (χ2v) is 3.61. The molecule has 0 aliphatic carbocycles. The highest BCUT2D eigenvalue weighted by atomic mass is 16.2. The van der Waals surface area contributed by atoms with Gasteiger partial charge in [-0.25, -0.2) is 5.84 Å². The molecule has 1 fully saturated rings. The molecule has 1 saturated heterocycles. The number of carbonyl (C=O) groups excluding carboxylic acids is 2. The van der Waals surface area contributed by atoms with Gasteiger partial charge in [0.25, 0.3) is 0 Å². The summed E-state index contributed by atoms with van der Waals surface area (Å²) in [6, 6.07) is -0.206. The van der Waals surface area contributed by atoms with Crippen LogP contribution in [-0.4, -0.2) is 35.8 Å². The number of hydrogen-bond donors (Lipinski definition) is 3. The van der Waals surface area contributed by atoms with Crippen molar-refractivity contribution in [2.24, 2.45) is 17.5 Å². The lowest BCUT2D eigenvalue weighted by molar-refractivity contribution is -0.131. The number of rotatable bonds is 4. The first-order valence-corrected chi connectivity index (χ1v) is 4.60. The van der Waals surface area contributed by atoms with Crippen molar-refractivity contribution >= 4 is 11.8 Å². The van der Waals surface area contributed by atoms with Crippen LogP contribution in [-0.2, 0) is 9.59 Å². The lowest BCUT2D eigenvalue weighted by atomic mass is 9.99. The second-order valence-electron chi connectivity index (χ2n) is 3.61. The van der Waals surface area contributed by atoms with E-state index in [0.717, 1.165) is 13.0 Å². The summed E-state index contributed by atoms with van der Waals surface area (Å²) >= 11 is 0. The second kappa shape index (κ2) is 4.39. The van der Waals surface area contributed by atoms with E-state index in [4.69, 9.17) is 11.6 Å². The lowest BCUT2D eigenvalue weighted by Gasteiger charge is -2.39. The molecule has 2 atom stereocenters. The van der Waals surface area contributed by atoms with Gasteiger partial charge in [-0.3, -0.25) is 19.9 Å². The Morgan fingerprint density at radius 1 is 1.64 bits per heavy atom. The van der Waals surface area contributed by atoms with E-state index in [1.807, 2.05) is 4.90 Å². The van der Waals surface area contributed by atoms with Crippen molar-refractivity contribution in [2.75, 3.05) is 13.1 Å². The summed E-state index contributed by atoms with van der Waals surface area (Å²) in [5.74, 6) is 4.23. The summed E-state index contributed by atoms with van der Waals surface area (Å²) < 4.78 is 0. The van der Waals surface area contributed by atoms with Crippen molar-refractivity contribution in [2.45, 2.75) is 19.4 Å². The Hall–Kier alpha value is -1.14. The normalized spacial score (nSPS) is 23.7. The number of primary amides is 1. The van der Waals surface area contributed by atoms with Crippen LogP contribution in [0.3, 0.4) is 0 Å². The van der Waals surface area contributed by atoms with E-state index in [-0.39, 0.29) is 23.8 Å². The molecule has 0 spiro atoms. The molecule has 0 saturated carbocycles. The number of hydrazine groups is 1. The average molecular weight is 200 g/mol. The predicted molar refractivity (Wildman–Crippen MR) is 50.7 cm³/mol. The van der Waals surface area contributed by atoms with Crippen molar-refractivity contribution in [3.63, 3.8) is 0 Å². The van der Waals surface area contributed by atoms with Crippen molar-refractivity contribution in [3.8, 4) is 0 Å². The Morgan fingerprint density at radius 2 is 2.29 bits per heavy atom. The molecule has 1 heterocycles. The van der Waals surface area contributed by atoms with Crippen LogP contribution < -0.4 is 17.0 Å². The Kier molecular flexibility index (Phi) is 3.43. The minimum absolute atomic E-state index is 0.206. The van der Waals surface area contributed by atoms with Gasteiger partial charge in [0.05, 0.1) is 6.04 Å². The highest BCUT2D eigenvalue weighted by molar-refractivity contribution is 5.81. The van der Waals surface area contributed by atoms with Crippen molar-refractivity contribution in [1.82, 2.24) is 10.3 Å². The minimum Gasteiger partial charge on any atom is -0.368 e. The van der Waals surface area contributed by atoms with Gasteiger partial charge in [-0.15, -0.1) is 0 Å². The average Bonchev–Trinajstić information content (AvgIpc) is 2.09. The largest absolute Gasteiger partial charge is 0.368 e. The van der Waals surface area contributed by atoms with E-state index in [2.05, 4.69) is 5.43 Å². The first-order valence-electron chi connectivity index (χ1n) is 4.60. The molecule has 2 unspecified atom stereocenters. The number of hydrogen-bond acceptors (Lipinski definition) is 4. The molecule has 5 N–H and O–H groups in total. The maximum absolute atomic E-state index is 11.1. The fourth-order valence-corrected chi connectivity index (χ4v) is 1.56. The molecule has 6 nitrogen and oxygen atoms in total. The number of carbonyl (C=O) groups is 2. The Bertz CT molecular complexity index is 243. The van der Waals surface area contributed by atoms with Crippen LogP contribution in [0.15, 0.2) is 0 Å². The van der Waals surface area contributed by atoms with Crippen LogP contribution in [0, 0.1) is 5.92 Å². The highest BCUT2D eigenvalue weighted by Crippen LogP contribution is 2.18. The molecular weight excluding hydrogens is 184 g/mol. The molecule has 1 aliphatic rings. The van der Waals surface area contributed by atoms with Gasteiger partial charge in [0.2, 0.25) is 11.8 Å². The summed E-state index contributed by atoms with van der Waals surface area (Å²) in [7, 11) is 0. The fourth-order valence-electron chi connectivity index (χ4n) is 1.56. The number of nitrogens with two attached hydrogens (primary N) is 2. The fraction of sp³-hybridized carbons (Fsp3) is 0.750. The highest BCUT2D eigenvalue weighted by Gasteiger charge is 2.34. The Morgan fingerprint density at radius 3 is 2.64 bits per heavy atom. The molecular formula is C8H16N4O2. The smallest absolute Gasteiger partial charge is 0.237 e. The quantitative estimate of drug-likeness (QED) is 0.282. The number of nitrogens with one attached hydrogen (secondary N) is 1. The van der Waals surface area contributed by atoms with Gasteiger partial charge in [-0.2, -0.15) is 0 Å². The van der Waals surface area contributed by atoms with E-state index < -0.39 is 0 Å². The van der Waals surface area contributed by atoms with E-state index in [1.165, 1.54) is 0 Å². The van der Waals surface area contributed by atoms with Crippen LogP contribution >= 0.6 is 0 Å². The maximum atomic E-state index is 11.1. The SMILES string of the molecule is CC(CN1CCC1C(N)=O)C(=O)NN. The third-order valence-electron chi connectivity index (χ3n) is 2.56. The van der Waals surface area contributed by atoms with Crippen molar-refractivity contribution < 1.29 is 9.59 Å². The standard InChI is InChI=1S/C8H16N4O2/c1-5(8(14)11-10)4-12-3-2-6(12)7(9)13/h5-6H,2-4,10H2,1H3,(H2,9,13)(H,11,14). The molecule has 14 heavy (non-hydrogen) atoms. The third kappa shape index (κ3) is 2.21. The third-order valence-corrected chi connectivity index (χ3v) is 2.56. The van der Waals surface area contributed by atoms with Gasteiger partial charge in [0.15, 0.2) is 0 Å². The number of likely N-dealkylation sites (tertiary alicyclic amines) is 1. The molecule has 0 aromatic heterocycles. The van der Waals surface area contributed by atoms with Gasteiger partial charge in [0, 0.05) is 19.0 Å². The van der Waals surface area contributed by atoms with E-state index >= 15 is 0 Å². The van der Waals surface area contributed by atoms with Gasteiger partial charge < -0.3 is 5.73 Å². The minimum atomic E-state index is -0.323. The molecule has 1 rings (SSSR count). The van der Waals surface area contributed by atoms with Crippen LogP contribution in [0.25, 0.3) is 0 Å². The predicted octanol–water partition coefficient (Wildman–Crippen LogP) is -1.83. The molecule has 0 aromatic carbocycles. The molecule has 1 aliphatic heterocycles. The first kappa shape index (κ1) is 10.9. The molecule has 6 heteroatoms. The van der Waals surface area contributed by atoms with E-state index in [9.17, 15) is 9.59 Å². The zero-order valence-corrected chi connectivity index (χ0v) is 8.19. The summed E-state index contributed by atoms with van der Waals surface area (Å²) in [5.41, 5.74) is 7.25. The van der Waals surface area contributed by atoms with Gasteiger partial charge >= 0.3 is 0 Å². The first-order chi connectivity index (χ1) is 6.56. The lowest BCUT2D eigenvalue weighted by Crippen LogP contribution is -2.57. The zero-order valence-electron chi connectivity index (χ0n) is 8.19. The van der Waals surface area contributed by atoms with E-state index in [0.29, 0.717) is 6.54 Å². The number of nitrogens with zero attached hydrogens (tertiary/aromatic N) is 1. The molecule has 80 valence electrons. The van der Waals surface area contributed by atoms with Crippen molar-refractivity contribution in [3.05, 3.63) is 0 Å². The maximum Gasteiger partial charge on any atom is 0.237 e. The van der Waals surface area contributed by atoms with Crippen LogP contribution in [0.2, 0.25) is 0 Å². The molecule has 0 aromatic rings. The van der Waals surface area contributed by atoms with Gasteiger partial charge in [0.1, 0.15) is 0 Å². The summed E-state index contributed by atoms with van der Waals surface area (Å²) in [4.78, 5) is 23.8. The number of amides is 2. The van der Waals surface area contributed by atoms with Gasteiger partial charge in [-0.1, -0.05) is 6.92 Å². The topological polar surface area (TPSA) is 101 Å². The molecule has 2 amide bonds. The Balaban J connectivity index is 2.38. The van der Waals surface area contributed by atoms with E-state index in [1.54, 1.807) is 6.92 Å². The molecule has 0 bridgehead atoms. The van der Waals surface area contributed by atoms with Crippen molar-refractivity contribution in [1.29, 1.82) is 0 Å². The summed E-state index contributed by atoms with van der Waals surface area (Å²) in [6.45, 7) is 3.10. The molecule has 0 radical (unpaired) electrons. The van der Waals surface area contributed by atoms with Crippen LogP contribution in [0.5, 0.6) is 0 Å². The van der Waals surface area contributed by atoms with Gasteiger partial charge in [-0.05, 0) is 6.42 Å². The van der Waals surface area contributed by atoms with Crippen LogP contribution in [0.1, 0.15) is 13.3 Å². The summed E-state index contributed by atoms with van der Waals surface area (Å²) in [5, 5.41) is 0. The summed E-state index contributed by atoms with van der Waals surface area (Å²) in [6.07, 6.45) is 0.784.